The van der Waals surface area contributed by atoms with Crippen molar-refractivity contribution in [3.63, 3.8) is 0 Å². The fourth-order valence-corrected chi connectivity index (χ4v) is 2.91. The molecule has 0 saturated carbocycles. The molecule has 3 atom stereocenters. The molecule has 0 radical (unpaired) electrons. The van der Waals surface area contributed by atoms with E-state index in [4.69, 9.17) is 16.0 Å². The molecule has 11 heavy (non-hydrogen) atoms. The molecule has 0 aliphatic carbocycles. The lowest BCUT2D eigenvalue weighted by molar-refractivity contribution is 0.177. The molecule has 0 spiro atoms. The number of ether oxygens (including phenoxy) is 1. The highest BCUT2D eigenvalue weighted by atomic mass is 35.7. The third-order valence-corrected chi connectivity index (χ3v) is 6.62. The SMILES string of the molecule is CCC(C)P(=O)(Cl)C(C)OC. The Hall–Kier alpha value is 0.480. The van der Waals surface area contributed by atoms with Gasteiger partial charge in [0.1, 0.15) is 5.85 Å². The second-order valence-electron chi connectivity index (χ2n) is 2.72. The molecule has 0 N–H and O–H groups in total. The van der Waals surface area contributed by atoms with Gasteiger partial charge in [0.05, 0.1) is 0 Å². The van der Waals surface area contributed by atoms with Crippen LogP contribution in [0.2, 0.25) is 0 Å². The summed E-state index contributed by atoms with van der Waals surface area (Å²) >= 11 is 5.87. The predicted octanol–water partition coefficient (Wildman–Crippen LogP) is 3.29. The first kappa shape index (κ1) is 11.5. The van der Waals surface area contributed by atoms with Crippen LogP contribution in [0.25, 0.3) is 0 Å². The molecule has 0 aliphatic rings. The van der Waals surface area contributed by atoms with E-state index in [2.05, 4.69) is 0 Å². The van der Waals surface area contributed by atoms with Crippen LogP contribution in [-0.2, 0) is 9.30 Å². The standard InChI is InChI=1S/C7H16ClO2P/c1-5-6(2)11(8,9)7(3)10-4/h6-7H,5H2,1-4H3. The topological polar surface area (TPSA) is 26.3 Å². The smallest absolute Gasteiger partial charge is 0.199 e. The molecule has 0 saturated heterocycles. The molecule has 0 aromatic rings. The molecule has 0 amide bonds. The van der Waals surface area contributed by atoms with Crippen molar-refractivity contribution in [1.29, 1.82) is 0 Å². The van der Waals surface area contributed by atoms with Crippen LogP contribution in [0.1, 0.15) is 27.2 Å². The molecule has 4 heteroatoms. The van der Waals surface area contributed by atoms with E-state index in [-0.39, 0.29) is 11.5 Å². The van der Waals surface area contributed by atoms with Crippen LogP contribution < -0.4 is 0 Å². The van der Waals surface area contributed by atoms with E-state index in [9.17, 15) is 4.57 Å². The van der Waals surface area contributed by atoms with E-state index in [1.165, 1.54) is 7.11 Å². The molecular weight excluding hydrogens is 183 g/mol. The van der Waals surface area contributed by atoms with Crippen LogP contribution in [0, 0.1) is 0 Å². The van der Waals surface area contributed by atoms with Gasteiger partial charge in [-0.15, -0.1) is 0 Å². The van der Waals surface area contributed by atoms with E-state index < -0.39 is 6.49 Å². The highest BCUT2D eigenvalue weighted by molar-refractivity contribution is 7.90. The Morgan fingerprint density at radius 2 is 2.00 bits per heavy atom. The molecule has 3 unspecified atom stereocenters. The van der Waals surface area contributed by atoms with Crippen molar-refractivity contribution in [1.82, 2.24) is 0 Å². The Balaban J connectivity index is 4.32. The van der Waals surface area contributed by atoms with Crippen LogP contribution in [0.15, 0.2) is 0 Å². The minimum absolute atomic E-state index is 0.0408. The number of rotatable bonds is 4. The van der Waals surface area contributed by atoms with Gasteiger partial charge >= 0.3 is 0 Å². The Labute approximate surface area is 73.4 Å². The molecule has 0 rings (SSSR count). The van der Waals surface area contributed by atoms with Gasteiger partial charge in [-0.1, -0.05) is 25.1 Å². The average molecular weight is 199 g/mol. The Morgan fingerprint density at radius 3 is 2.27 bits per heavy atom. The number of halogens is 1. The van der Waals surface area contributed by atoms with Crippen molar-refractivity contribution in [2.45, 2.75) is 38.7 Å². The lowest BCUT2D eigenvalue weighted by atomic mass is 10.4. The monoisotopic (exact) mass is 198 g/mol. The lowest BCUT2D eigenvalue weighted by Crippen LogP contribution is -2.11. The summed E-state index contributed by atoms with van der Waals surface area (Å²) in [5.41, 5.74) is 0.0408. The summed E-state index contributed by atoms with van der Waals surface area (Å²) in [7, 11) is 1.53. The molecular formula is C7H16ClO2P. The summed E-state index contributed by atoms with van der Waals surface area (Å²) in [5, 5.41) is 0. The quantitative estimate of drug-likeness (QED) is 0.648. The largest absolute Gasteiger partial charge is 0.373 e. The molecule has 0 fully saturated rings. The maximum absolute atomic E-state index is 11.7. The van der Waals surface area contributed by atoms with Crippen LogP contribution in [0.4, 0.5) is 0 Å². The maximum Gasteiger partial charge on any atom is 0.199 e. The summed E-state index contributed by atoms with van der Waals surface area (Å²) in [5.74, 6) is -0.334. The number of methoxy groups -OCH3 is 1. The molecule has 0 bridgehead atoms. The lowest BCUT2D eigenvalue weighted by Gasteiger charge is -2.22. The van der Waals surface area contributed by atoms with E-state index in [1.807, 2.05) is 13.8 Å². The van der Waals surface area contributed by atoms with Crippen molar-refractivity contribution < 1.29 is 9.30 Å². The van der Waals surface area contributed by atoms with Gasteiger partial charge in [0.25, 0.3) is 0 Å². The van der Waals surface area contributed by atoms with Gasteiger partial charge < -0.3 is 9.30 Å². The zero-order chi connectivity index (χ0) is 9.07. The Morgan fingerprint density at radius 1 is 1.55 bits per heavy atom. The average Bonchev–Trinajstić information content (AvgIpc) is 2.01. The third kappa shape index (κ3) is 2.77. The summed E-state index contributed by atoms with van der Waals surface area (Å²) in [6.07, 6.45) is 0.828. The summed E-state index contributed by atoms with van der Waals surface area (Å²) in [6, 6.07) is 0. The minimum Gasteiger partial charge on any atom is -0.373 e. The highest BCUT2D eigenvalue weighted by Crippen LogP contribution is 2.60. The van der Waals surface area contributed by atoms with Gasteiger partial charge in [-0.05, 0) is 13.3 Å². The maximum atomic E-state index is 11.7. The van der Waals surface area contributed by atoms with Gasteiger partial charge in [-0.25, -0.2) is 0 Å². The zero-order valence-corrected chi connectivity index (χ0v) is 9.15. The van der Waals surface area contributed by atoms with Crippen molar-refractivity contribution in [2.24, 2.45) is 0 Å². The Bertz CT molecular complexity index is 147. The number of hydrogen-bond donors (Lipinski definition) is 0. The molecule has 0 aliphatic heterocycles. The highest BCUT2D eigenvalue weighted by Gasteiger charge is 2.32. The van der Waals surface area contributed by atoms with Crippen molar-refractivity contribution >= 4 is 17.7 Å². The first-order valence-electron chi connectivity index (χ1n) is 3.78. The van der Waals surface area contributed by atoms with Crippen LogP contribution >= 0.6 is 17.7 Å². The molecule has 68 valence electrons. The van der Waals surface area contributed by atoms with E-state index in [1.54, 1.807) is 6.92 Å². The van der Waals surface area contributed by atoms with Crippen molar-refractivity contribution in [3.8, 4) is 0 Å². The van der Waals surface area contributed by atoms with Gasteiger partial charge in [0, 0.05) is 12.8 Å². The van der Waals surface area contributed by atoms with Crippen molar-refractivity contribution in [3.05, 3.63) is 0 Å². The van der Waals surface area contributed by atoms with Gasteiger partial charge in [0.15, 0.2) is 6.49 Å². The predicted molar refractivity (Wildman–Crippen MR) is 49.7 cm³/mol. The fourth-order valence-electron chi connectivity index (χ4n) is 0.751. The molecule has 0 aromatic carbocycles. The summed E-state index contributed by atoms with van der Waals surface area (Å²) in [4.78, 5) is 0. The first-order chi connectivity index (χ1) is 4.96. The zero-order valence-electron chi connectivity index (χ0n) is 7.50. The normalized spacial score (nSPS) is 22.3. The van der Waals surface area contributed by atoms with Crippen LogP contribution in [-0.4, -0.2) is 18.6 Å². The van der Waals surface area contributed by atoms with E-state index in [0.717, 1.165) is 6.42 Å². The van der Waals surface area contributed by atoms with E-state index in [0.29, 0.717) is 0 Å². The van der Waals surface area contributed by atoms with Crippen molar-refractivity contribution in [2.75, 3.05) is 7.11 Å². The Kier molecular flexibility index (Phi) is 4.69. The molecule has 0 aromatic heterocycles. The van der Waals surface area contributed by atoms with Crippen LogP contribution in [0.3, 0.4) is 0 Å². The summed E-state index contributed by atoms with van der Waals surface area (Å²) < 4.78 is 16.7. The second-order valence-corrected chi connectivity index (χ2v) is 7.16. The van der Waals surface area contributed by atoms with Crippen LogP contribution in [0.5, 0.6) is 0 Å². The molecule has 2 nitrogen and oxygen atoms in total. The number of hydrogen-bond acceptors (Lipinski definition) is 2. The minimum atomic E-state index is -2.62. The summed E-state index contributed by atoms with van der Waals surface area (Å²) in [6.45, 7) is 2.99. The first-order valence-corrected chi connectivity index (χ1v) is 6.53. The molecule has 0 heterocycles. The fraction of sp³-hybridized carbons (Fsp3) is 1.00. The second kappa shape index (κ2) is 4.49. The van der Waals surface area contributed by atoms with Gasteiger partial charge in [0.2, 0.25) is 0 Å². The van der Waals surface area contributed by atoms with Gasteiger partial charge in [-0.3, -0.25) is 0 Å². The van der Waals surface area contributed by atoms with E-state index >= 15 is 0 Å². The third-order valence-electron chi connectivity index (χ3n) is 2.03. The van der Waals surface area contributed by atoms with Gasteiger partial charge in [-0.2, -0.15) is 0 Å².